The molecule has 4 atom stereocenters. The van der Waals surface area contributed by atoms with Gasteiger partial charge in [0, 0.05) is 113 Å². The van der Waals surface area contributed by atoms with Crippen LogP contribution in [-0.4, -0.2) is 11.6 Å². The number of rotatable bonds is 30. The van der Waals surface area contributed by atoms with Gasteiger partial charge in [-0.3, -0.25) is 9.59 Å². The van der Waals surface area contributed by atoms with Crippen LogP contribution in [0, 0.1) is 59.5 Å². The van der Waals surface area contributed by atoms with E-state index in [4.69, 9.17) is 13.1 Å². The highest BCUT2D eigenvalue weighted by molar-refractivity contribution is 7.29. The summed E-state index contributed by atoms with van der Waals surface area (Å²) in [6, 6.07) is 38.3. The minimum atomic E-state index is -0.160. The van der Waals surface area contributed by atoms with Gasteiger partial charge in [0.05, 0.1) is 25.3 Å². The third-order valence-electron chi connectivity index (χ3n) is 19.9. The summed E-state index contributed by atoms with van der Waals surface area (Å²) in [6.45, 7) is 34.6. The summed E-state index contributed by atoms with van der Waals surface area (Å²) >= 11 is 11.2. The van der Waals surface area contributed by atoms with Gasteiger partial charge < -0.3 is 0 Å². The van der Waals surface area contributed by atoms with E-state index in [0.717, 1.165) is 99.6 Å². The second-order valence-electron chi connectivity index (χ2n) is 26.2. The van der Waals surface area contributed by atoms with E-state index in [1.54, 1.807) is 22.7 Å². The Hall–Kier alpha value is -7.36. The number of Topliss-reactive ketones (excluding diaryl/α,β-unsaturated/α-hetero) is 2. The van der Waals surface area contributed by atoms with Crippen LogP contribution in [0.3, 0.4) is 0 Å². The van der Waals surface area contributed by atoms with Crippen LogP contribution in [0.25, 0.3) is 93.6 Å². The highest BCUT2D eigenvalue weighted by Crippen LogP contribution is 2.57. The molecule has 0 amide bonds. The zero-order valence-electron chi connectivity index (χ0n) is 56.9. The van der Waals surface area contributed by atoms with Crippen molar-refractivity contribution in [2.24, 2.45) is 23.7 Å². The molecule has 2 aliphatic carbocycles. The van der Waals surface area contributed by atoms with Gasteiger partial charge in [0.25, 0.3) is 11.4 Å². The molecule has 0 spiro atoms. The first-order chi connectivity index (χ1) is 46.9. The number of allylic oxidation sites excluding steroid dienone is 6. The highest BCUT2D eigenvalue weighted by atomic mass is 32.1. The molecule has 4 unspecified atom stereocenters. The van der Waals surface area contributed by atoms with E-state index >= 15 is 0 Å². The average Bonchev–Trinajstić information content (AvgIpc) is 1.52. The molecule has 3 aromatic carbocycles. The highest BCUT2D eigenvalue weighted by Gasteiger charge is 2.35. The molecule has 12 heteroatoms. The van der Waals surface area contributed by atoms with Crippen LogP contribution in [0.2, 0.25) is 0 Å². The van der Waals surface area contributed by atoms with E-state index in [1.165, 1.54) is 120 Å². The van der Waals surface area contributed by atoms with Gasteiger partial charge >= 0.3 is 0 Å². The number of carbonyl (C=O) groups excluding carboxylic acids is 2. The van der Waals surface area contributed by atoms with E-state index in [9.17, 15) is 20.1 Å². The molecule has 6 heterocycles. The lowest BCUT2D eigenvalue weighted by Crippen LogP contribution is -2.03. The molecule has 9 aromatic rings. The topological polar surface area (TPSA) is 90.4 Å². The minimum Gasteiger partial charge on any atom is -0.289 e. The van der Waals surface area contributed by atoms with Gasteiger partial charge in [-0.15, -0.1) is 68.0 Å². The second kappa shape index (κ2) is 32.3. The lowest BCUT2D eigenvalue weighted by atomic mass is 9.91. The van der Waals surface area contributed by atoms with Gasteiger partial charge in [-0.1, -0.05) is 207 Å². The van der Waals surface area contributed by atoms with Crippen LogP contribution < -0.4 is 0 Å². The van der Waals surface area contributed by atoms with Crippen molar-refractivity contribution in [3.8, 4) is 52.5 Å². The molecule has 6 aromatic heterocycles. The number of hydrogen-bond donors (Lipinski definition) is 0. The number of unbranched alkanes of at least 4 members (excludes halogenated alkanes) is 4. The lowest BCUT2D eigenvalue weighted by Gasteiger charge is -2.14. The molecule has 0 fully saturated rings. The lowest BCUT2D eigenvalue weighted by molar-refractivity contribution is 0.103. The molecule has 0 N–H and O–H groups in total. The quantitative estimate of drug-likeness (QED) is 0.0255. The van der Waals surface area contributed by atoms with Gasteiger partial charge in [0.1, 0.15) is 0 Å². The number of hydrogen-bond acceptors (Lipinski definition) is 10. The number of thiophene rings is 6. The molecule has 0 aliphatic heterocycles. The first-order valence-electron chi connectivity index (χ1n) is 35.1. The number of benzene rings is 3. The van der Waals surface area contributed by atoms with Crippen LogP contribution >= 0.6 is 68.0 Å². The Bertz CT molecular complexity index is 4300. The zero-order valence-corrected chi connectivity index (χ0v) is 61.8. The van der Waals surface area contributed by atoms with E-state index in [1.807, 2.05) is 106 Å². The van der Waals surface area contributed by atoms with Gasteiger partial charge in [-0.25, -0.2) is 20.2 Å². The SMILES string of the molecule is [C-]#[N+]C(C#N)=C1/C(=C/c2cc(CC(CC)CCCC)c(-c3cc4c(-c5ccc(CC(CC)CCCC)s5)c5sc(-c6sc(/C=C7\C(=O)c8ccccc8\C7=C(\C#N)[N+]#[C-])cc6CC(CC)CCCC)cc5c(-c5ccc(CC(CC)CCCC)s5)c4s3)s2)C(=O)c2ccccc21. The largest absolute Gasteiger partial charge is 0.289 e. The summed E-state index contributed by atoms with van der Waals surface area (Å²) in [7, 11) is 0. The van der Waals surface area contributed by atoms with E-state index in [-0.39, 0.29) is 23.0 Å². The Labute approximate surface area is 593 Å². The molecule has 2 aliphatic rings. The molecular weight excluding hydrogens is 1290 g/mol. The number of nitrogens with zero attached hydrogens (tertiary/aromatic N) is 4. The van der Waals surface area contributed by atoms with Crippen molar-refractivity contribution in [1.82, 2.24) is 0 Å². The first-order valence-corrected chi connectivity index (χ1v) is 40.0. The minimum absolute atomic E-state index is 0.0724. The van der Waals surface area contributed by atoms with Crippen LogP contribution in [0.1, 0.15) is 221 Å². The maximum atomic E-state index is 14.5. The maximum absolute atomic E-state index is 14.5. The predicted molar refractivity (Wildman–Crippen MR) is 414 cm³/mol. The van der Waals surface area contributed by atoms with E-state index in [2.05, 4.69) is 126 Å². The van der Waals surface area contributed by atoms with Crippen molar-refractivity contribution in [3.05, 3.63) is 195 Å². The number of fused-ring (bicyclic) bond motifs is 4. The molecule has 0 bridgehead atoms. The summed E-state index contributed by atoms with van der Waals surface area (Å²) in [5.74, 6) is 1.83. The Balaban J connectivity index is 1.18. The van der Waals surface area contributed by atoms with Crippen molar-refractivity contribution < 1.29 is 9.59 Å². The van der Waals surface area contributed by atoms with Gasteiger partial charge in [-0.05, 0) is 132 Å². The van der Waals surface area contributed by atoms with Crippen LogP contribution in [0.4, 0.5) is 0 Å². The fraction of sp³-hybridized carbons (Fsp3) is 0.381. The Morgan fingerprint density at radius 1 is 0.448 bits per heavy atom. The molecule has 96 heavy (non-hydrogen) atoms. The Kier molecular flexibility index (Phi) is 23.6. The van der Waals surface area contributed by atoms with Crippen LogP contribution in [-0.2, 0) is 25.7 Å². The molecule has 0 saturated carbocycles. The van der Waals surface area contributed by atoms with Gasteiger partial charge in [0.15, 0.2) is 11.6 Å². The van der Waals surface area contributed by atoms with Gasteiger partial charge in [0.2, 0.25) is 0 Å². The standard InChI is InChI=1S/C84H86N4O2S6/c1-11-19-27-51(15-5)39-55-43-59(45-65-75(69(49-85)87-9)61-31-23-25-33-63(61)79(65)89)93-81(55)73-47-67-77(71-37-35-57(91-71)41-53(17-7)29-21-13-3)84-68(78(83(67)95-73)72-38-36-58(92-72)42-54(18-8)30-22-14-4)48-74(96-84)82-56(40-52(16-6)28-20-12-2)44-60(94-82)46-66-76(70(50-86)88-10)62-32-24-26-34-64(62)80(66)90/h23-26,31-38,43-48,51-54H,11-22,27-30,39-42H2,1-8H3/b65-45-,66-46-,75-69+,76-70?. The summed E-state index contributed by atoms with van der Waals surface area (Å²) in [5.41, 5.74) is 8.89. The molecule has 0 saturated heterocycles. The number of carbonyl (C=O) groups is 2. The fourth-order valence-corrected chi connectivity index (χ4v) is 21.9. The Morgan fingerprint density at radius 3 is 1.14 bits per heavy atom. The number of ketones is 2. The summed E-state index contributed by atoms with van der Waals surface area (Å²) in [6.07, 6.45) is 26.3. The summed E-state index contributed by atoms with van der Waals surface area (Å²) < 4.78 is 2.53. The van der Waals surface area contributed by atoms with Crippen molar-refractivity contribution in [2.75, 3.05) is 0 Å². The molecule has 6 nitrogen and oxygen atoms in total. The van der Waals surface area contributed by atoms with Crippen LogP contribution in [0.15, 0.2) is 120 Å². The molecule has 0 radical (unpaired) electrons. The second-order valence-corrected chi connectivity index (χ2v) is 32.8. The monoisotopic (exact) mass is 1370 g/mol. The number of nitriles is 2. The van der Waals surface area contributed by atoms with Gasteiger partial charge in [-0.2, -0.15) is 0 Å². The predicted octanol–water partition coefficient (Wildman–Crippen LogP) is 26.9. The van der Waals surface area contributed by atoms with Crippen molar-refractivity contribution in [2.45, 2.75) is 184 Å². The smallest absolute Gasteiger partial charge is 0.270 e. The van der Waals surface area contributed by atoms with E-state index in [0.29, 0.717) is 68.2 Å². The van der Waals surface area contributed by atoms with Crippen LogP contribution in [0.5, 0.6) is 0 Å². The average molecular weight is 1380 g/mol. The van der Waals surface area contributed by atoms with Crippen molar-refractivity contribution >= 4 is 123 Å². The molecule has 490 valence electrons. The van der Waals surface area contributed by atoms with Crippen molar-refractivity contribution in [3.63, 3.8) is 0 Å². The molecule has 11 rings (SSSR count). The summed E-state index contributed by atoms with van der Waals surface area (Å²) in [5, 5.41) is 23.2. The van der Waals surface area contributed by atoms with E-state index < -0.39 is 0 Å². The zero-order chi connectivity index (χ0) is 67.6. The normalized spacial score (nSPS) is 16.0. The summed E-state index contributed by atoms with van der Waals surface area (Å²) in [4.78, 5) is 48.5. The van der Waals surface area contributed by atoms with Crippen molar-refractivity contribution in [1.29, 1.82) is 10.5 Å². The third kappa shape index (κ3) is 14.6. The Morgan fingerprint density at radius 2 is 0.802 bits per heavy atom. The molecular formula is C84H86N4O2S6. The first kappa shape index (κ1) is 70.0. The fourth-order valence-electron chi connectivity index (χ4n) is 14.4. The third-order valence-corrected chi connectivity index (χ3v) is 27.1. The maximum Gasteiger partial charge on any atom is 0.270 e.